The third kappa shape index (κ3) is 5.22. The van der Waals surface area contributed by atoms with E-state index in [-0.39, 0.29) is 24.3 Å². The van der Waals surface area contributed by atoms with Crippen molar-refractivity contribution in [3.05, 3.63) is 85.9 Å². The fourth-order valence-electron chi connectivity index (χ4n) is 4.46. The van der Waals surface area contributed by atoms with Crippen LogP contribution >= 0.6 is 34.5 Å². The number of fused-ring (bicyclic) bond motifs is 1. The number of H-pyrrole nitrogens is 1. The highest BCUT2D eigenvalue weighted by Crippen LogP contribution is 2.31. The normalized spacial score (nSPS) is 14.4. The van der Waals surface area contributed by atoms with E-state index in [2.05, 4.69) is 15.3 Å². The number of likely N-dealkylation sites (tertiary alicyclic amines) is 1. The number of carbonyl (C=O) groups is 2. The molecule has 2 N–H and O–H groups in total. The second-order valence-electron chi connectivity index (χ2n) is 8.66. The van der Waals surface area contributed by atoms with Gasteiger partial charge >= 0.3 is 0 Å². The van der Waals surface area contributed by atoms with E-state index in [1.54, 1.807) is 17.5 Å². The van der Waals surface area contributed by atoms with Gasteiger partial charge in [0.25, 0.3) is 5.91 Å². The molecule has 180 valence electrons. The maximum absolute atomic E-state index is 12.9. The molecule has 0 saturated carbocycles. The highest BCUT2D eigenvalue weighted by atomic mass is 35.5. The molecule has 2 aromatic heterocycles. The van der Waals surface area contributed by atoms with Crippen LogP contribution in [0.1, 0.15) is 45.4 Å². The molecule has 3 heterocycles. The van der Waals surface area contributed by atoms with Gasteiger partial charge < -0.3 is 15.2 Å². The number of aromatic amines is 1. The molecule has 2 aromatic carbocycles. The van der Waals surface area contributed by atoms with E-state index in [4.69, 9.17) is 23.2 Å². The molecular weight excluding hydrogens is 503 g/mol. The predicted molar refractivity (Wildman–Crippen MR) is 140 cm³/mol. The molecule has 1 aliphatic heterocycles. The average Bonchev–Trinajstić information content (AvgIpc) is 3.53. The number of carbonyl (C=O) groups excluding carboxylic acids is 2. The van der Waals surface area contributed by atoms with Crippen molar-refractivity contribution in [1.82, 2.24) is 20.2 Å². The summed E-state index contributed by atoms with van der Waals surface area (Å²) >= 11 is 13.7. The number of nitrogens with zero attached hydrogens (tertiary/aromatic N) is 2. The van der Waals surface area contributed by atoms with E-state index in [1.165, 1.54) is 11.3 Å². The van der Waals surface area contributed by atoms with Crippen molar-refractivity contribution in [2.45, 2.75) is 31.7 Å². The molecule has 0 radical (unpaired) electrons. The van der Waals surface area contributed by atoms with Crippen molar-refractivity contribution in [2.24, 2.45) is 0 Å². The summed E-state index contributed by atoms with van der Waals surface area (Å²) in [6.45, 7) is 1.67. The first-order valence-corrected chi connectivity index (χ1v) is 13.1. The number of thiazole rings is 1. The summed E-state index contributed by atoms with van der Waals surface area (Å²) in [5, 5.41) is 7.60. The lowest BCUT2D eigenvalue weighted by molar-refractivity contribution is -0.131. The Morgan fingerprint density at radius 3 is 2.71 bits per heavy atom. The van der Waals surface area contributed by atoms with Crippen molar-refractivity contribution >= 4 is 57.3 Å². The number of piperidine rings is 1. The molecule has 5 rings (SSSR count). The molecule has 1 aliphatic rings. The maximum atomic E-state index is 12.9. The molecule has 9 heteroatoms. The Balaban J connectivity index is 1.14. The number of halogens is 2. The Morgan fingerprint density at radius 1 is 1.09 bits per heavy atom. The largest absolute Gasteiger partial charge is 0.361 e. The highest BCUT2D eigenvalue weighted by molar-refractivity contribution is 7.09. The topological polar surface area (TPSA) is 78.1 Å². The SMILES string of the molecule is O=C(NCc1cccc(Cl)c1Cl)c1csc(C2CCN(C(=O)Cc3c[nH]c4ccccc34)CC2)n1. The number of nitrogens with one attached hydrogen (secondary N) is 2. The Bertz CT molecular complexity index is 1370. The van der Waals surface area contributed by atoms with Gasteiger partial charge in [0, 0.05) is 48.0 Å². The number of rotatable bonds is 6. The van der Waals surface area contributed by atoms with Crippen molar-refractivity contribution < 1.29 is 9.59 Å². The van der Waals surface area contributed by atoms with Gasteiger partial charge in [0.1, 0.15) is 5.69 Å². The summed E-state index contributed by atoms with van der Waals surface area (Å²) < 4.78 is 0. The smallest absolute Gasteiger partial charge is 0.271 e. The van der Waals surface area contributed by atoms with Gasteiger partial charge in [0.05, 0.1) is 21.5 Å². The highest BCUT2D eigenvalue weighted by Gasteiger charge is 2.26. The van der Waals surface area contributed by atoms with Crippen molar-refractivity contribution in [3.63, 3.8) is 0 Å². The lowest BCUT2D eigenvalue weighted by Crippen LogP contribution is -2.38. The zero-order valence-electron chi connectivity index (χ0n) is 18.9. The van der Waals surface area contributed by atoms with Gasteiger partial charge in [-0.05, 0) is 36.1 Å². The number of amides is 2. The van der Waals surface area contributed by atoms with Crippen molar-refractivity contribution in [3.8, 4) is 0 Å². The van der Waals surface area contributed by atoms with Crippen LogP contribution in [0.3, 0.4) is 0 Å². The molecule has 1 saturated heterocycles. The van der Waals surface area contributed by atoms with Crippen LogP contribution in [0, 0.1) is 0 Å². The number of hydrogen-bond donors (Lipinski definition) is 2. The summed E-state index contributed by atoms with van der Waals surface area (Å²) in [4.78, 5) is 35.3. The standard InChI is InChI=1S/C26H24Cl2N4O2S/c27-20-6-3-4-17(24(20)28)13-30-25(34)22-15-35-26(31-22)16-8-10-32(11-9-16)23(33)12-18-14-29-21-7-2-1-5-19(18)21/h1-7,14-16,29H,8-13H2,(H,30,34). The summed E-state index contributed by atoms with van der Waals surface area (Å²) in [7, 11) is 0. The minimum absolute atomic E-state index is 0.145. The monoisotopic (exact) mass is 526 g/mol. The van der Waals surface area contributed by atoms with Crippen LogP contribution in [0.5, 0.6) is 0 Å². The molecule has 2 amide bonds. The van der Waals surface area contributed by atoms with E-state index >= 15 is 0 Å². The molecule has 0 bridgehead atoms. The Kier molecular flexibility index (Phi) is 7.09. The Morgan fingerprint density at radius 2 is 1.89 bits per heavy atom. The summed E-state index contributed by atoms with van der Waals surface area (Å²) in [5.41, 5.74) is 3.24. The zero-order chi connectivity index (χ0) is 24.4. The lowest BCUT2D eigenvalue weighted by Gasteiger charge is -2.31. The first-order valence-electron chi connectivity index (χ1n) is 11.5. The van der Waals surface area contributed by atoms with Gasteiger partial charge in [0.2, 0.25) is 5.91 Å². The van der Waals surface area contributed by atoms with Crippen LogP contribution in [0.15, 0.2) is 54.0 Å². The molecule has 0 aliphatic carbocycles. The molecule has 6 nitrogen and oxygen atoms in total. The first kappa shape index (κ1) is 23.9. The van der Waals surface area contributed by atoms with E-state index in [9.17, 15) is 9.59 Å². The first-order chi connectivity index (χ1) is 17.0. The quantitative estimate of drug-likeness (QED) is 0.332. The van der Waals surface area contributed by atoms with Crippen LogP contribution in [0.2, 0.25) is 10.0 Å². The number of benzene rings is 2. The van der Waals surface area contributed by atoms with Gasteiger partial charge in [-0.25, -0.2) is 4.98 Å². The average molecular weight is 527 g/mol. The van der Waals surface area contributed by atoms with Crippen LogP contribution in [0.4, 0.5) is 0 Å². The van der Waals surface area contributed by atoms with Crippen molar-refractivity contribution in [2.75, 3.05) is 13.1 Å². The van der Waals surface area contributed by atoms with Gasteiger partial charge in [-0.2, -0.15) is 0 Å². The van der Waals surface area contributed by atoms with Crippen molar-refractivity contribution in [1.29, 1.82) is 0 Å². The number of hydrogen-bond acceptors (Lipinski definition) is 4. The second-order valence-corrected chi connectivity index (χ2v) is 10.3. The van der Waals surface area contributed by atoms with Gasteiger partial charge in [-0.1, -0.05) is 53.5 Å². The molecule has 0 spiro atoms. The van der Waals surface area contributed by atoms with Gasteiger partial charge in [-0.3, -0.25) is 9.59 Å². The fourth-order valence-corrected chi connectivity index (χ4v) is 5.82. The van der Waals surface area contributed by atoms with Crippen LogP contribution in [-0.4, -0.2) is 39.8 Å². The van der Waals surface area contributed by atoms with Gasteiger partial charge in [0.15, 0.2) is 0 Å². The third-order valence-electron chi connectivity index (χ3n) is 6.44. The number of para-hydroxylation sites is 1. The maximum Gasteiger partial charge on any atom is 0.271 e. The summed E-state index contributed by atoms with van der Waals surface area (Å²) in [5.74, 6) is 0.156. The lowest BCUT2D eigenvalue weighted by atomic mass is 9.97. The minimum Gasteiger partial charge on any atom is -0.361 e. The van der Waals surface area contributed by atoms with Crippen LogP contribution in [-0.2, 0) is 17.8 Å². The predicted octanol–water partition coefficient (Wildman–Crippen LogP) is 5.81. The zero-order valence-corrected chi connectivity index (χ0v) is 21.2. The molecule has 1 fully saturated rings. The van der Waals surface area contributed by atoms with Gasteiger partial charge in [-0.15, -0.1) is 11.3 Å². The van der Waals surface area contributed by atoms with E-state index < -0.39 is 0 Å². The third-order valence-corrected chi connectivity index (χ3v) is 8.30. The summed E-state index contributed by atoms with van der Waals surface area (Å²) in [6.07, 6.45) is 4.00. The van der Waals surface area contributed by atoms with E-state index in [1.807, 2.05) is 41.4 Å². The molecule has 35 heavy (non-hydrogen) atoms. The molecule has 0 unspecified atom stereocenters. The minimum atomic E-state index is -0.241. The van der Waals surface area contributed by atoms with Crippen LogP contribution in [0.25, 0.3) is 10.9 Å². The fraction of sp³-hybridized carbons (Fsp3) is 0.269. The Hall–Kier alpha value is -2.87. The molecular formula is C26H24Cl2N4O2S. The molecule has 4 aromatic rings. The second kappa shape index (κ2) is 10.4. The number of aromatic nitrogens is 2. The van der Waals surface area contributed by atoms with E-state index in [0.29, 0.717) is 35.2 Å². The molecule has 0 atom stereocenters. The van der Waals surface area contributed by atoms with Crippen LogP contribution < -0.4 is 5.32 Å². The Labute approximate surface area is 217 Å². The van der Waals surface area contributed by atoms with E-state index in [0.717, 1.165) is 39.9 Å². The summed E-state index contributed by atoms with van der Waals surface area (Å²) in [6, 6.07) is 13.4.